The van der Waals surface area contributed by atoms with E-state index in [4.69, 9.17) is 13.8 Å². The Bertz CT molecular complexity index is 526. The van der Waals surface area contributed by atoms with E-state index in [1.54, 1.807) is 0 Å². The molecule has 0 aliphatic heterocycles. The lowest BCUT2D eigenvalue weighted by molar-refractivity contribution is -0.120. The molecule has 0 spiro atoms. The molecular weight excluding hydrogens is 485 g/mol. The summed E-state index contributed by atoms with van der Waals surface area (Å²) in [5, 5.41) is 2.70. The minimum absolute atomic E-state index is 0.133. The first-order valence-electron chi connectivity index (χ1n) is 13.9. The Balaban J connectivity index is 3.61. The highest BCUT2D eigenvalue weighted by Crippen LogP contribution is 2.43. The van der Waals surface area contributed by atoms with Gasteiger partial charge in [-0.2, -0.15) is 11.8 Å². The van der Waals surface area contributed by atoms with Crippen molar-refractivity contribution < 1.29 is 28.0 Å². The summed E-state index contributed by atoms with van der Waals surface area (Å²) in [7, 11) is -4.12. The molecule has 0 saturated carbocycles. The van der Waals surface area contributed by atoms with Crippen molar-refractivity contribution in [2.75, 3.05) is 38.4 Å². The number of carbonyl (C=O) groups is 1. The third-order valence-corrected chi connectivity index (χ3v) is 7.41. The Morgan fingerprint density at radius 1 is 0.800 bits per heavy atom. The minimum atomic E-state index is -4.12. The molecule has 1 amide bonds. The smallest absolute Gasteiger partial charge is 0.379 e. The summed E-state index contributed by atoms with van der Waals surface area (Å²) in [5.41, 5.74) is 0. The fourth-order valence-electron chi connectivity index (χ4n) is 3.85. The van der Waals surface area contributed by atoms with Crippen molar-refractivity contribution in [3.8, 4) is 0 Å². The Hall–Kier alpha value is -0.110. The predicted molar refractivity (Wildman–Crippen MR) is 148 cm³/mol. The molecule has 0 rings (SSSR count). The summed E-state index contributed by atoms with van der Waals surface area (Å²) in [6.45, 7) is 4.52. The number of unbranched alkanes of at least 4 members (excludes halogenated alkanes) is 15. The Kier molecular flexibility index (Phi) is 25.5. The maximum absolute atomic E-state index is 11.9. The van der Waals surface area contributed by atoms with Crippen LogP contribution in [0.4, 0.5) is 0 Å². The molecule has 0 aliphatic carbocycles. The topological polar surface area (TPSA) is 94.1 Å². The zero-order chi connectivity index (χ0) is 26.0. The van der Waals surface area contributed by atoms with E-state index in [0.29, 0.717) is 12.4 Å². The van der Waals surface area contributed by atoms with Crippen molar-refractivity contribution in [3.63, 3.8) is 0 Å². The lowest BCUT2D eigenvalue weighted by Crippen LogP contribution is -2.40. The van der Waals surface area contributed by atoms with Crippen molar-refractivity contribution in [1.82, 2.24) is 5.32 Å². The van der Waals surface area contributed by atoms with Gasteiger partial charge in [0.05, 0.1) is 25.9 Å². The lowest BCUT2D eigenvalue weighted by atomic mass is 10.0. The van der Waals surface area contributed by atoms with E-state index in [0.717, 1.165) is 12.8 Å². The molecular formula is C26H54NO6PS. The highest BCUT2D eigenvalue weighted by atomic mass is 32.2. The van der Waals surface area contributed by atoms with Crippen molar-refractivity contribution in [2.45, 2.75) is 123 Å². The van der Waals surface area contributed by atoms with Crippen LogP contribution in [0.3, 0.4) is 0 Å². The molecule has 210 valence electrons. The van der Waals surface area contributed by atoms with Crippen LogP contribution in [0.5, 0.6) is 0 Å². The summed E-state index contributed by atoms with van der Waals surface area (Å²) < 4.78 is 27.4. The molecule has 0 saturated heterocycles. The van der Waals surface area contributed by atoms with E-state index in [9.17, 15) is 14.3 Å². The Morgan fingerprint density at radius 3 is 1.74 bits per heavy atom. The maximum atomic E-state index is 11.9. The normalized spacial score (nSPS) is 14.1. The number of nitrogens with one attached hydrogen (secondary N) is 1. The zero-order valence-corrected chi connectivity index (χ0v) is 24.5. The van der Waals surface area contributed by atoms with Crippen LogP contribution in [0.15, 0.2) is 0 Å². The third kappa shape index (κ3) is 26.8. The highest BCUT2D eigenvalue weighted by molar-refractivity contribution is 7.98. The second-order valence-corrected chi connectivity index (χ2v) is 11.8. The average Bonchev–Trinajstić information content (AvgIpc) is 2.81. The molecule has 35 heavy (non-hydrogen) atoms. The zero-order valence-electron chi connectivity index (χ0n) is 22.8. The molecule has 0 heterocycles. The predicted octanol–water partition coefficient (Wildman–Crippen LogP) is 7.27. The lowest BCUT2D eigenvalue weighted by Gasteiger charge is -2.20. The van der Waals surface area contributed by atoms with E-state index in [-0.39, 0.29) is 25.7 Å². The van der Waals surface area contributed by atoms with E-state index >= 15 is 0 Å². The van der Waals surface area contributed by atoms with Gasteiger partial charge in [-0.15, -0.1) is 0 Å². The van der Waals surface area contributed by atoms with Crippen molar-refractivity contribution >= 4 is 25.5 Å². The molecule has 0 aromatic rings. The molecule has 0 aliphatic rings. The van der Waals surface area contributed by atoms with Crippen LogP contribution in [-0.2, 0) is 23.1 Å². The molecule has 0 radical (unpaired) electrons. The summed E-state index contributed by atoms with van der Waals surface area (Å²) >= 11 is 1.51. The average molecular weight is 540 g/mol. The van der Waals surface area contributed by atoms with Gasteiger partial charge in [-0.25, -0.2) is 4.57 Å². The van der Waals surface area contributed by atoms with E-state index in [2.05, 4.69) is 12.2 Å². The Morgan fingerprint density at radius 2 is 1.29 bits per heavy atom. The molecule has 7 nitrogen and oxygen atoms in total. The van der Waals surface area contributed by atoms with Crippen LogP contribution >= 0.6 is 19.6 Å². The van der Waals surface area contributed by atoms with Crippen LogP contribution in [0.2, 0.25) is 0 Å². The number of hydrogen-bond acceptors (Lipinski definition) is 6. The number of carbonyl (C=O) groups excluding carboxylic acids is 1. The molecule has 0 bridgehead atoms. The number of amides is 1. The highest BCUT2D eigenvalue weighted by Gasteiger charge is 2.23. The standard InChI is InChI=1S/C26H54NO6PS/c1-4-5-6-7-8-9-10-11-12-13-14-15-16-17-18-19-20-31-23-26(27-25(2)28)24-33-34(29,30)32-21-22-35-3/h26H,4-24H2,1-3H3,(H,27,28)(H,29,30)/t26-/m0/s1. The summed E-state index contributed by atoms with van der Waals surface area (Å²) in [5.74, 6) is 0.367. The first kappa shape index (κ1) is 34.9. The summed E-state index contributed by atoms with van der Waals surface area (Å²) in [4.78, 5) is 21.1. The Labute approximate surface area is 219 Å². The van der Waals surface area contributed by atoms with Crippen LogP contribution < -0.4 is 5.32 Å². The second kappa shape index (κ2) is 25.5. The van der Waals surface area contributed by atoms with E-state index in [1.807, 2.05) is 6.26 Å². The van der Waals surface area contributed by atoms with Gasteiger partial charge in [0.25, 0.3) is 0 Å². The van der Waals surface area contributed by atoms with Gasteiger partial charge in [0.2, 0.25) is 5.91 Å². The van der Waals surface area contributed by atoms with Gasteiger partial charge in [-0.05, 0) is 12.7 Å². The maximum Gasteiger partial charge on any atom is 0.472 e. The summed E-state index contributed by atoms with van der Waals surface area (Å²) in [6.07, 6.45) is 23.1. The fourth-order valence-corrected chi connectivity index (χ4v) is 4.99. The minimum Gasteiger partial charge on any atom is -0.379 e. The van der Waals surface area contributed by atoms with Crippen molar-refractivity contribution in [3.05, 3.63) is 0 Å². The molecule has 0 aromatic carbocycles. The van der Waals surface area contributed by atoms with Crippen molar-refractivity contribution in [2.24, 2.45) is 0 Å². The first-order chi connectivity index (χ1) is 16.9. The van der Waals surface area contributed by atoms with E-state index < -0.39 is 13.9 Å². The molecule has 0 aromatic heterocycles. The molecule has 1 unspecified atom stereocenters. The third-order valence-electron chi connectivity index (χ3n) is 5.85. The quantitative estimate of drug-likeness (QED) is 0.0837. The van der Waals surface area contributed by atoms with Gasteiger partial charge < -0.3 is 14.9 Å². The largest absolute Gasteiger partial charge is 0.472 e. The number of phosphoric ester groups is 1. The van der Waals surface area contributed by atoms with Crippen LogP contribution in [0.25, 0.3) is 0 Å². The second-order valence-electron chi connectivity index (χ2n) is 9.37. The van der Waals surface area contributed by atoms with Gasteiger partial charge in [0, 0.05) is 19.3 Å². The van der Waals surface area contributed by atoms with Crippen LogP contribution in [0, 0.1) is 0 Å². The SMILES string of the molecule is CCCCCCCCCCCCCCCCCCOC[C@@H](COP(=O)(O)OCCSC)NC(C)=O. The molecule has 9 heteroatoms. The number of rotatable bonds is 27. The van der Waals surface area contributed by atoms with E-state index in [1.165, 1.54) is 109 Å². The monoisotopic (exact) mass is 539 g/mol. The molecule has 2 N–H and O–H groups in total. The van der Waals surface area contributed by atoms with Gasteiger partial charge in [0.1, 0.15) is 0 Å². The first-order valence-corrected chi connectivity index (χ1v) is 16.8. The van der Waals surface area contributed by atoms with Gasteiger partial charge in [0.15, 0.2) is 0 Å². The van der Waals surface area contributed by atoms with Gasteiger partial charge in [-0.3, -0.25) is 13.8 Å². The number of phosphoric acid groups is 1. The summed E-state index contributed by atoms with van der Waals surface area (Å²) in [6, 6.07) is -0.488. The van der Waals surface area contributed by atoms with Crippen LogP contribution in [-0.4, -0.2) is 55.3 Å². The number of thioether (sulfide) groups is 1. The van der Waals surface area contributed by atoms with Gasteiger partial charge in [-0.1, -0.05) is 103 Å². The van der Waals surface area contributed by atoms with Gasteiger partial charge >= 0.3 is 7.82 Å². The fraction of sp³-hybridized carbons (Fsp3) is 0.962. The van der Waals surface area contributed by atoms with Crippen molar-refractivity contribution in [1.29, 1.82) is 0 Å². The van der Waals surface area contributed by atoms with Crippen LogP contribution in [0.1, 0.15) is 117 Å². The number of hydrogen-bond donors (Lipinski definition) is 2. The molecule has 0 fully saturated rings. The molecule has 2 atom stereocenters. The number of ether oxygens (including phenoxy) is 1.